The van der Waals surface area contributed by atoms with Crippen LogP contribution in [0.15, 0.2) is 73.1 Å². The van der Waals surface area contributed by atoms with Crippen molar-refractivity contribution in [2.24, 2.45) is 0 Å². The highest BCUT2D eigenvalue weighted by atomic mass is 16.1. The molecule has 0 saturated carbocycles. The average molecular weight is 332 g/mol. The molecule has 0 unspecified atom stereocenters. The van der Waals surface area contributed by atoms with Gasteiger partial charge in [0.1, 0.15) is 17.8 Å². The van der Waals surface area contributed by atoms with Crippen LogP contribution in [0, 0.1) is 0 Å². The van der Waals surface area contributed by atoms with Gasteiger partial charge in [-0.05, 0) is 17.5 Å². The number of rotatable bonds is 7. The molecule has 0 fully saturated rings. The third kappa shape index (κ3) is 5.14. The second-order valence-corrected chi connectivity index (χ2v) is 5.62. The van der Waals surface area contributed by atoms with Gasteiger partial charge < -0.3 is 10.6 Å². The lowest BCUT2D eigenvalue weighted by Crippen LogP contribution is -2.26. The number of nitrogens with one attached hydrogen (secondary N) is 2. The van der Waals surface area contributed by atoms with Gasteiger partial charge in [0.05, 0.1) is 0 Å². The molecule has 0 aliphatic carbocycles. The van der Waals surface area contributed by atoms with Gasteiger partial charge in [0.15, 0.2) is 0 Å². The predicted molar refractivity (Wildman–Crippen MR) is 98.3 cm³/mol. The minimum atomic E-state index is -0.193. The van der Waals surface area contributed by atoms with Crippen LogP contribution in [0.5, 0.6) is 0 Å². The molecule has 25 heavy (non-hydrogen) atoms. The first-order valence-corrected chi connectivity index (χ1v) is 8.23. The Morgan fingerprint density at radius 2 is 1.56 bits per heavy atom. The Morgan fingerprint density at radius 3 is 2.28 bits per heavy atom. The van der Waals surface area contributed by atoms with Crippen LogP contribution in [0.25, 0.3) is 0 Å². The number of aromatic nitrogens is 2. The number of hydrogen-bond acceptors (Lipinski definition) is 4. The third-order valence-electron chi connectivity index (χ3n) is 3.76. The fourth-order valence-electron chi connectivity index (χ4n) is 2.42. The molecule has 0 aliphatic rings. The Bertz CT molecular complexity index is 806. The van der Waals surface area contributed by atoms with Crippen LogP contribution in [0.2, 0.25) is 0 Å². The number of carbonyl (C=O) groups is 1. The fourth-order valence-corrected chi connectivity index (χ4v) is 2.42. The predicted octanol–water partition coefficient (Wildman–Crippen LogP) is 3.06. The van der Waals surface area contributed by atoms with Crippen molar-refractivity contribution >= 4 is 11.7 Å². The zero-order valence-electron chi connectivity index (χ0n) is 13.9. The Kier molecular flexibility index (Phi) is 5.72. The van der Waals surface area contributed by atoms with Crippen molar-refractivity contribution in [3.63, 3.8) is 0 Å². The van der Waals surface area contributed by atoms with Crippen LogP contribution >= 0.6 is 0 Å². The van der Waals surface area contributed by atoms with Gasteiger partial charge in [-0.15, -0.1) is 0 Å². The molecule has 2 aromatic carbocycles. The Hall–Kier alpha value is -3.21. The molecule has 5 nitrogen and oxygen atoms in total. The van der Waals surface area contributed by atoms with E-state index in [9.17, 15) is 4.79 Å². The maximum atomic E-state index is 12.2. The molecular formula is C20H20N4O. The molecule has 1 aromatic heterocycles. The van der Waals surface area contributed by atoms with E-state index in [-0.39, 0.29) is 5.91 Å². The summed E-state index contributed by atoms with van der Waals surface area (Å²) in [6.45, 7) is 1.21. The van der Waals surface area contributed by atoms with E-state index in [1.54, 1.807) is 6.07 Å². The second-order valence-electron chi connectivity index (χ2n) is 5.62. The number of anilines is 1. The van der Waals surface area contributed by atoms with Crippen LogP contribution in [0.1, 0.15) is 21.6 Å². The van der Waals surface area contributed by atoms with Crippen LogP contribution in [-0.2, 0) is 13.0 Å². The van der Waals surface area contributed by atoms with Crippen molar-refractivity contribution in [1.29, 1.82) is 0 Å². The van der Waals surface area contributed by atoms with E-state index in [0.29, 0.717) is 24.6 Å². The molecule has 0 spiro atoms. The molecule has 0 bridgehead atoms. The standard InChI is InChI=1S/C20H20N4O/c25-20(21-12-11-16-7-3-1-4-8-16)18-13-19(24-15-23-18)22-14-17-9-5-2-6-10-17/h1-10,13,15H,11-12,14H2,(H,21,25)(H,22,23,24). The monoisotopic (exact) mass is 332 g/mol. The van der Waals surface area contributed by atoms with Gasteiger partial charge in [0.2, 0.25) is 0 Å². The summed E-state index contributed by atoms with van der Waals surface area (Å²) in [5.41, 5.74) is 2.70. The van der Waals surface area contributed by atoms with Crippen molar-refractivity contribution in [3.05, 3.63) is 89.9 Å². The molecule has 1 heterocycles. The Labute approximate surface area is 147 Å². The summed E-state index contributed by atoms with van der Waals surface area (Å²) in [4.78, 5) is 20.5. The molecule has 3 rings (SSSR count). The highest BCUT2D eigenvalue weighted by Crippen LogP contribution is 2.07. The van der Waals surface area contributed by atoms with Crippen molar-refractivity contribution in [2.45, 2.75) is 13.0 Å². The highest BCUT2D eigenvalue weighted by molar-refractivity contribution is 5.92. The largest absolute Gasteiger partial charge is 0.366 e. The Morgan fingerprint density at radius 1 is 0.880 bits per heavy atom. The van der Waals surface area contributed by atoms with Crippen LogP contribution in [-0.4, -0.2) is 22.4 Å². The maximum absolute atomic E-state index is 12.2. The number of carbonyl (C=O) groups excluding carboxylic acids is 1. The lowest BCUT2D eigenvalue weighted by molar-refractivity contribution is 0.0949. The molecule has 5 heteroatoms. The van der Waals surface area contributed by atoms with Gasteiger partial charge in [0.25, 0.3) is 5.91 Å². The van der Waals surface area contributed by atoms with E-state index in [1.165, 1.54) is 11.9 Å². The van der Waals surface area contributed by atoms with Crippen molar-refractivity contribution < 1.29 is 4.79 Å². The van der Waals surface area contributed by atoms with Crippen molar-refractivity contribution in [3.8, 4) is 0 Å². The zero-order chi connectivity index (χ0) is 17.3. The first kappa shape index (κ1) is 16.6. The lowest BCUT2D eigenvalue weighted by Gasteiger charge is -2.08. The van der Waals surface area contributed by atoms with E-state index >= 15 is 0 Å². The SMILES string of the molecule is O=C(NCCc1ccccc1)c1cc(NCc2ccccc2)ncn1. The van der Waals surface area contributed by atoms with E-state index in [2.05, 4.69) is 20.6 Å². The molecule has 2 N–H and O–H groups in total. The summed E-state index contributed by atoms with van der Waals surface area (Å²) in [6.07, 6.45) is 2.19. The first-order valence-electron chi connectivity index (χ1n) is 8.23. The number of nitrogens with zero attached hydrogens (tertiary/aromatic N) is 2. The minimum Gasteiger partial charge on any atom is -0.366 e. The molecule has 0 radical (unpaired) electrons. The fraction of sp³-hybridized carbons (Fsp3) is 0.150. The normalized spacial score (nSPS) is 10.2. The van der Waals surface area contributed by atoms with Gasteiger partial charge in [-0.1, -0.05) is 60.7 Å². The number of benzene rings is 2. The maximum Gasteiger partial charge on any atom is 0.270 e. The quantitative estimate of drug-likeness (QED) is 0.698. The molecule has 3 aromatic rings. The summed E-state index contributed by atoms with van der Waals surface area (Å²) in [5.74, 6) is 0.438. The summed E-state index contributed by atoms with van der Waals surface area (Å²) >= 11 is 0. The number of amides is 1. The summed E-state index contributed by atoms with van der Waals surface area (Å²) < 4.78 is 0. The van der Waals surface area contributed by atoms with Gasteiger partial charge >= 0.3 is 0 Å². The van der Waals surface area contributed by atoms with E-state index < -0.39 is 0 Å². The van der Waals surface area contributed by atoms with Crippen LogP contribution in [0.4, 0.5) is 5.82 Å². The van der Waals surface area contributed by atoms with Crippen LogP contribution in [0.3, 0.4) is 0 Å². The molecule has 126 valence electrons. The number of hydrogen-bond donors (Lipinski definition) is 2. The molecule has 0 aliphatic heterocycles. The highest BCUT2D eigenvalue weighted by Gasteiger charge is 2.08. The van der Waals surface area contributed by atoms with Gasteiger partial charge in [-0.3, -0.25) is 4.79 Å². The van der Waals surface area contributed by atoms with Crippen molar-refractivity contribution in [1.82, 2.24) is 15.3 Å². The van der Waals surface area contributed by atoms with E-state index in [4.69, 9.17) is 0 Å². The molecule has 0 saturated heterocycles. The first-order chi connectivity index (χ1) is 12.3. The third-order valence-corrected chi connectivity index (χ3v) is 3.76. The smallest absolute Gasteiger partial charge is 0.270 e. The van der Waals surface area contributed by atoms with E-state index in [0.717, 1.165) is 12.0 Å². The Balaban J connectivity index is 1.52. The van der Waals surface area contributed by atoms with Gasteiger partial charge in [-0.2, -0.15) is 0 Å². The van der Waals surface area contributed by atoms with Crippen molar-refractivity contribution in [2.75, 3.05) is 11.9 Å². The second kappa shape index (κ2) is 8.59. The lowest BCUT2D eigenvalue weighted by atomic mass is 10.1. The molecule has 0 atom stereocenters. The van der Waals surface area contributed by atoms with Gasteiger partial charge in [-0.25, -0.2) is 9.97 Å². The topological polar surface area (TPSA) is 66.9 Å². The van der Waals surface area contributed by atoms with Crippen LogP contribution < -0.4 is 10.6 Å². The van der Waals surface area contributed by atoms with E-state index in [1.807, 2.05) is 60.7 Å². The molecular weight excluding hydrogens is 312 g/mol. The minimum absolute atomic E-state index is 0.193. The molecule has 1 amide bonds. The zero-order valence-corrected chi connectivity index (χ0v) is 13.9. The summed E-state index contributed by atoms with van der Waals surface area (Å²) in [5, 5.41) is 6.10. The summed E-state index contributed by atoms with van der Waals surface area (Å²) in [7, 11) is 0. The average Bonchev–Trinajstić information content (AvgIpc) is 2.68. The van der Waals surface area contributed by atoms with Gasteiger partial charge in [0, 0.05) is 19.2 Å². The summed E-state index contributed by atoms with van der Waals surface area (Å²) in [6, 6.07) is 21.7.